The van der Waals surface area contributed by atoms with Crippen molar-refractivity contribution in [3.05, 3.63) is 41.8 Å². The minimum Gasteiger partial charge on any atom is -0.416 e. The number of hydrogen-bond acceptors (Lipinski definition) is 5. The van der Waals surface area contributed by atoms with Gasteiger partial charge in [-0.05, 0) is 31.2 Å². The first kappa shape index (κ1) is 18.0. The summed E-state index contributed by atoms with van der Waals surface area (Å²) in [6.07, 6.45) is 6.98. The molecular weight excluding hydrogens is 334 g/mol. The summed E-state index contributed by atoms with van der Waals surface area (Å²) in [5.41, 5.74) is 1.13. The number of carbonyl (C=O) groups excluding carboxylic acids is 1. The first-order valence-corrected chi connectivity index (χ1v) is 9.89. The van der Waals surface area contributed by atoms with Crippen LogP contribution in [0.5, 0.6) is 0 Å². The number of carbonyl (C=O) groups is 1. The zero-order valence-electron chi connectivity index (χ0n) is 14.6. The highest BCUT2D eigenvalue weighted by Crippen LogP contribution is 2.24. The lowest BCUT2D eigenvalue weighted by molar-refractivity contribution is -0.120. The van der Waals surface area contributed by atoms with E-state index < -0.39 is 0 Å². The highest BCUT2D eigenvalue weighted by atomic mass is 32.2. The zero-order valence-corrected chi connectivity index (χ0v) is 15.4. The van der Waals surface area contributed by atoms with Gasteiger partial charge >= 0.3 is 0 Å². The summed E-state index contributed by atoms with van der Waals surface area (Å²) in [7, 11) is 0. The van der Waals surface area contributed by atoms with Crippen LogP contribution in [-0.2, 0) is 11.2 Å². The molecule has 2 aromatic rings. The SMILES string of the molecule is CC(Sc1nnc(Cc2ccccc2)o1)C(=O)NCC1CCCCC1. The normalized spacial score (nSPS) is 16.5. The van der Waals surface area contributed by atoms with Crippen molar-refractivity contribution in [2.75, 3.05) is 6.54 Å². The van der Waals surface area contributed by atoms with Gasteiger partial charge in [-0.2, -0.15) is 0 Å². The van der Waals surface area contributed by atoms with Gasteiger partial charge in [-0.1, -0.05) is 61.4 Å². The van der Waals surface area contributed by atoms with E-state index in [-0.39, 0.29) is 11.2 Å². The molecule has 5 nitrogen and oxygen atoms in total. The average molecular weight is 359 g/mol. The maximum absolute atomic E-state index is 12.3. The van der Waals surface area contributed by atoms with Gasteiger partial charge in [-0.3, -0.25) is 4.79 Å². The minimum atomic E-state index is -0.242. The van der Waals surface area contributed by atoms with Crippen LogP contribution in [0.2, 0.25) is 0 Å². The van der Waals surface area contributed by atoms with Crippen LogP contribution in [0.15, 0.2) is 40.0 Å². The molecule has 0 aliphatic heterocycles. The molecule has 1 aromatic carbocycles. The third kappa shape index (κ3) is 5.59. The number of aromatic nitrogens is 2. The van der Waals surface area contributed by atoms with E-state index in [1.54, 1.807) is 0 Å². The predicted molar refractivity (Wildman–Crippen MR) is 98.4 cm³/mol. The molecule has 1 unspecified atom stereocenters. The molecule has 134 valence electrons. The van der Waals surface area contributed by atoms with E-state index in [1.165, 1.54) is 43.9 Å². The maximum atomic E-state index is 12.3. The fourth-order valence-corrected chi connectivity index (χ4v) is 3.84. The Morgan fingerprint density at radius 3 is 2.76 bits per heavy atom. The van der Waals surface area contributed by atoms with E-state index in [9.17, 15) is 4.79 Å². The summed E-state index contributed by atoms with van der Waals surface area (Å²) >= 11 is 1.32. The van der Waals surface area contributed by atoms with Crippen LogP contribution in [0.3, 0.4) is 0 Å². The van der Waals surface area contributed by atoms with Crippen molar-refractivity contribution in [1.82, 2.24) is 15.5 Å². The third-order valence-electron chi connectivity index (χ3n) is 4.58. The fraction of sp³-hybridized carbons (Fsp3) is 0.526. The monoisotopic (exact) mass is 359 g/mol. The van der Waals surface area contributed by atoms with Crippen molar-refractivity contribution >= 4 is 17.7 Å². The Balaban J connectivity index is 1.45. The number of nitrogens with one attached hydrogen (secondary N) is 1. The molecule has 0 spiro atoms. The molecule has 0 radical (unpaired) electrons. The molecule has 1 saturated carbocycles. The van der Waals surface area contributed by atoms with Crippen LogP contribution < -0.4 is 5.32 Å². The smallest absolute Gasteiger partial charge is 0.277 e. The molecular formula is C19H25N3O2S. The van der Waals surface area contributed by atoms with Gasteiger partial charge in [0.05, 0.1) is 11.7 Å². The van der Waals surface area contributed by atoms with Crippen molar-refractivity contribution in [2.24, 2.45) is 5.92 Å². The summed E-state index contributed by atoms with van der Waals surface area (Å²) < 4.78 is 5.66. The number of benzene rings is 1. The highest BCUT2D eigenvalue weighted by Gasteiger charge is 2.20. The molecule has 1 aromatic heterocycles. The van der Waals surface area contributed by atoms with Crippen LogP contribution in [0.25, 0.3) is 0 Å². The third-order valence-corrected chi connectivity index (χ3v) is 5.52. The lowest BCUT2D eigenvalue weighted by atomic mass is 9.89. The molecule has 0 saturated heterocycles. The van der Waals surface area contributed by atoms with E-state index in [0.29, 0.717) is 23.5 Å². The molecule has 0 bridgehead atoms. The van der Waals surface area contributed by atoms with Crippen LogP contribution in [0.4, 0.5) is 0 Å². The Morgan fingerprint density at radius 2 is 2.00 bits per heavy atom. The van der Waals surface area contributed by atoms with Crippen LogP contribution in [0, 0.1) is 5.92 Å². The molecule has 1 atom stereocenters. The molecule has 1 aliphatic rings. The Labute approximate surface area is 153 Å². The molecule has 3 rings (SSSR count). The van der Waals surface area contributed by atoms with Crippen LogP contribution >= 0.6 is 11.8 Å². The van der Waals surface area contributed by atoms with E-state index in [4.69, 9.17) is 4.42 Å². The second-order valence-corrected chi connectivity index (χ2v) is 7.93. The van der Waals surface area contributed by atoms with Gasteiger partial charge in [0.2, 0.25) is 11.8 Å². The molecule has 25 heavy (non-hydrogen) atoms. The summed E-state index contributed by atoms with van der Waals surface area (Å²) in [6.45, 7) is 2.66. The molecule has 1 heterocycles. The second kappa shape index (κ2) is 9.04. The number of thioether (sulfide) groups is 1. The fourth-order valence-electron chi connectivity index (χ4n) is 3.11. The lowest BCUT2D eigenvalue weighted by Gasteiger charge is -2.22. The van der Waals surface area contributed by atoms with Gasteiger partial charge in [0.25, 0.3) is 5.22 Å². The Kier molecular flexibility index (Phi) is 6.50. The van der Waals surface area contributed by atoms with Gasteiger partial charge in [0, 0.05) is 6.54 Å². The van der Waals surface area contributed by atoms with Crippen molar-refractivity contribution in [2.45, 2.75) is 55.9 Å². The van der Waals surface area contributed by atoms with Crippen molar-refractivity contribution < 1.29 is 9.21 Å². The molecule has 1 aliphatic carbocycles. The van der Waals surface area contributed by atoms with Crippen LogP contribution in [0.1, 0.15) is 50.5 Å². The van der Waals surface area contributed by atoms with Crippen molar-refractivity contribution in [1.29, 1.82) is 0 Å². The van der Waals surface area contributed by atoms with E-state index >= 15 is 0 Å². The molecule has 1 fully saturated rings. The molecule has 1 amide bonds. The van der Waals surface area contributed by atoms with E-state index in [2.05, 4.69) is 15.5 Å². The summed E-state index contributed by atoms with van der Waals surface area (Å²) in [6, 6.07) is 10.0. The average Bonchev–Trinajstić information content (AvgIpc) is 3.08. The number of amides is 1. The van der Waals surface area contributed by atoms with E-state index in [0.717, 1.165) is 12.1 Å². The van der Waals surface area contributed by atoms with E-state index in [1.807, 2.05) is 37.3 Å². The molecule has 1 N–H and O–H groups in total. The molecule has 6 heteroatoms. The first-order valence-electron chi connectivity index (χ1n) is 9.01. The number of rotatable bonds is 7. The summed E-state index contributed by atoms with van der Waals surface area (Å²) in [5, 5.41) is 11.4. The first-order chi connectivity index (χ1) is 12.2. The van der Waals surface area contributed by atoms with Crippen LogP contribution in [-0.4, -0.2) is 27.9 Å². The van der Waals surface area contributed by atoms with Crippen molar-refractivity contribution in [3.63, 3.8) is 0 Å². The number of hydrogen-bond donors (Lipinski definition) is 1. The lowest BCUT2D eigenvalue weighted by Crippen LogP contribution is -2.35. The van der Waals surface area contributed by atoms with Gasteiger partial charge in [-0.25, -0.2) is 0 Å². The topological polar surface area (TPSA) is 68.0 Å². The standard InChI is InChI=1S/C19H25N3O2S/c1-14(18(23)20-13-16-10-6-3-7-11-16)25-19-22-21-17(24-19)12-15-8-4-2-5-9-15/h2,4-5,8-9,14,16H,3,6-7,10-13H2,1H3,(H,20,23). The summed E-state index contributed by atoms with van der Waals surface area (Å²) in [5.74, 6) is 1.25. The van der Waals surface area contributed by atoms with Gasteiger partial charge in [0.15, 0.2) is 0 Å². The van der Waals surface area contributed by atoms with Crippen molar-refractivity contribution in [3.8, 4) is 0 Å². The van der Waals surface area contributed by atoms with Gasteiger partial charge < -0.3 is 9.73 Å². The van der Waals surface area contributed by atoms with Gasteiger partial charge in [0.1, 0.15) is 0 Å². The van der Waals surface area contributed by atoms with Gasteiger partial charge in [-0.15, -0.1) is 10.2 Å². The minimum absolute atomic E-state index is 0.0402. The zero-order chi connectivity index (χ0) is 17.5. The predicted octanol–water partition coefficient (Wildman–Crippen LogP) is 3.84. The second-order valence-electron chi connectivity index (χ2n) is 6.63. The largest absolute Gasteiger partial charge is 0.416 e. The highest BCUT2D eigenvalue weighted by molar-refractivity contribution is 8.00. The quantitative estimate of drug-likeness (QED) is 0.761. The summed E-state index contributed by atoms with van der Waals surface area (Å²) in [4.78, 5) is 12.3. The Hall–Kier alpha value is -1.82. The number of nitrogens with zero attached hydrogens (tertiary/aromatic N) is 2. The maximum Gasteiger partial charge on any atom is 0.277 e. The Morgan fingerprint density at radius 1 is 1.24 bits per heavy atom. The Bertz CT molecular complexity index is 668.